The van der Waals surface area contributed by atoms with Gasteiger partial charge in [0.2, 0.25) is 59.3 Å². The van der Waals surface area contributed by atoms with Crippen molar-refractivity contribution in [3.05, 3.63) is 117 Å². The van der Waals surface area contributed by atoms with Crippen molar-refractivity contribution in [3.8, 4) is 57.1 Å². The third-order valence-electron chi connectivity index (χ3n) is 23.6. The molecule has 0 saturated carbocycles. The fourth-order valence-corrected chi connectivity index (χ4v) is 17.0. The minimum absolute atomic E-state index is 0.0388. The summed E-state index contributed by atoms with van der Waals surface area (Å²) in [5.41, 5.74) is 8.84. The minimum atomic E-state index is -2.33. The number of primary amides is 1. The predicted molar refractivity (Wildman–Crippen MR) is 461 cm³/mol. The third-order valence-corrected chi connectivity index (χ3v) is 24.2. The van der Waals surface area contributed by atoms with E-state index in [1.165, 1.54) is 129 Å². The summed E-state index contributed by atoms with van der Waals surface area (Å²) in [4.78, 5) is 121. The molecule has 21 N–H and O–H groups in total. The van der Waals surface area contributed by atoms with Crippen LogP contribution in [0, 0.1) is 5.92 Å². The van der Waals surface area contributed by atoms with Gasteiger partial charge in [0.05, 0.1) is 68.5 Å². The molecule has 125 heavy (non-hydrogen) atoms. The predicted octanol–water partition coefficient (Wildman–Crippen LogP) is 6.87. The lowest BCUT2D eigenvalue weighted by Crippen LogP contribution is -2.64. The lowest BCUT2D eigenvalue weighted by atomic mass is 9.86. The number of likely N-dealkylation sites (N-methyl/N-ethyl adjacent to an activating group) is 1. The molecule has 34 nitrogen and oxygen atoms in total. The topological polar surface area (TPSA) is 522 Å². The first-order chi connectivity index (χ1) is 59.4. The number of benzene rings is 5. The molecule has 686 valence electrons. The fraction of sp³-hybridized carbons (Fsp3) is 0.573. The van der Waals surface area contributed by atoms with Crippen LogP contribution in [0.25, 0.3) is 11.1 Å². The average molecular weight is 1790 g/mol. The second-order valence-corrected chi connectivity index (χ2v) is 35.5. The quantitative estimate of drug-likeness (QED) is 0.0148. The second kappa shape index (κ2) is 44.5. The van der Waals surface area contributed by atoms with Crippen molar-refractivity contribution in [1.29, 1.82) is 0 Å². The van der Waals surface area contributed by atoms with E-state index < -0.39 is 215 Å². The first-order valence-electron chi connectivity index (χ1n) is 43.2. The highest BCUT2D eigenvalue weighted by atomic mass is 35.5. The molecule has 18 atom stereocenters. The van der Waals surface area contributed by atoms with Crippen molar-refractivity contribution in [2.45, 2.75) is 272 Å². The largest absolute Gasteiger partial charge is 0.508 e. The summed E-state index contributed by atoms with van der Waals surface area (Å²) in [6.07, 6.45) is 1.84. The maximum atomic E-state index is 16.4. The number of nitrogens with zero attached hydrogens (tertiary/aromatic N) is 1. The van der Waals surface area contributed by atoms with Crippen LogP contribution in [0.5, 0.6) is 46.0 Å². The van der Waals surface area contributed by atoms with Crippen molar-refractivity contribution < 1.29 is 117 Å². The zero-order chi connectivity index (χ0) is 90.9. The SMILES string of the molecule is CCCCCCCCCCCCCCCCCC[N+](C)(C)CCCNC(=O)[C@H]1NC(=O)[C@H]2NC(=O)[C@H](NC(=O)[C@@H]3NC(=O)[C@H](CC(N)=O)NC(=O)[C@H](NC(=O)[C@@H](CC(C)C)NC)[C@H](O)c4ccc(c(Cl)c4)Oc4cc3cc(c4O[C@@H]3O[C@H](CO)[C@@H](O)[C@H](O)[C@H]3O[C@H]3C[C@](C)(N)[C@H](O)[C@H](C)O3)Oc3ccc(cc3Cl)[C@H]2O)c2ccc(O)c(c2)-c2c(O)cc(O)cc21. The average Bonchev–Trinajstić information content (AvgIpc) is 0.763. The Labute approximate surface area is 737 Å². The van der Waals surface area contributed by atoms with Crippen LogP contribution < -0.4 is 68.2 Å². The van der Waals surface area contributed by atoms with Gasteiger partial charge in [-0.05, 0) is 128 Å². The molecule has 5 aromatic carbocycles. The highest BCUT2D eigenvalue weighted by molar-refractivity contribution is 6.32. The monoisotopic (exact) mass is 1780 g/mol. The molecule has 0 radical (unpaired) electrons. The van der Waals surface area contributed by atoms with Gasteiger partial charge in [-0.25, -0.2) is 0 Å². The molecule has 0 aromatic heterocycles. The van der Waals surface area contributed by atoms with Gasteiger partial charge in [-0.3, -0.25) is 38.4 Å². The molecule has 36 heteroatoms. The van der Waals surface area contributed by atoms with E-state index >= 15 is 28.8 Å². The van der Waals surface area contributed by atoms with Gasteiger partial charge in [0.1, 0.15) is 95.5 Å². The minimum Gasteiger partial charge on any atom is -0.508 e. The van der Waals surface area contributed by atoms with Crippen molar-refractivity contribution >= 4 is 70.5 Å². The Kier molecular flexibility index (Phi) is 34.8. The molecule has 11 bridgehead atoms. The number of phenols is 3. The normalized spacial score (nSPS) is 26.2. The summed E-state index contributed by atoms with van der Waals surface area (Å²) in [6.45, 7) is 9.48. The molecule has 0 aliphatic carbocycles. The summed E-state index contributed by atoms with van der Waals surface area (Å²) in [5, 5.41) is 126. The van der Waals surface area contributed by atoms with Crippen LogP contribution in [0.15, 0.2) is 78.9 Å². The molecule has 8 amide bonds. The van der Waals surface area contributed by atoms with Crippen LogP contribution in [0.4, 0.5) is 0 Å². The number of unbranched alkanes of at least 4 members (excludes halogenated alkanes) is 15. The highest BCUT2D eigenvalue weighted by Gasteiger charge is 2.52. The van der Waals surface area contributed by atoms with E-state index in [4.69, 9.17) is 63.1 Å². The number of nitrogens with two attached hydrogens (primary N) is 2. The van der Waals surface area contributed by atoms with E-state index in [2.05, 4.69) is 63.6 Å². The van der Waals surface area contributed by atoms with Crippen LogP contribution in [0.3, 0.4) is 0 Å². The standard InChI is InChI=1S/C89H123Cl2N11O23/c1-9-10-11-12-13-14-15-16-17-18-19-20-21-22-23-24-33-102(7,8)34-25-32-95-83(115)71-54-41-52(104)42-60(106)68(54)53-36-48(26-29-59(53)105)69-84(116)101-73(87(119)99-71)75(109)50-28-31-62(56(91)38-50)122-64-40-51-39-63(78(64)125-88-79(77(111)76(110)65(45-103)123-88)124-67-44-89(5,93)80(112)47(4)120-67)121-61-30-27-49(37-55(61)90)74(108)72(100-81(113)57(94-6)35-46(2)3)86(118)96-58(43-66(92)107)82(114)97-70(51)85(117)98-69/h26-31,36-42,46-47,57-58,65,67,69-77,79-80,88,94,103,108-112H,9-25,32-35,43-45,93H2,1-8H3,(H11-,92,95,96,97,98,99,100,101,104,105,106,107,113,114,115,116,117,118,119)/p+1/t47-,57+,58-,65+,67-,69+,70+,71-,72+,73-,74+,75+,76+,77-,79+,80+,88-,89-/m0/s1. The van der Waals surface area contributed by atoms with Crippen molar-refractivity contribution in [3.63, 3.8) is 0 Å². The van der Waals surface area contributed by atoms with Gasteiger partial charge in [-0.15, -0.1) is 0 Å². The highest BCUT2D eigenvalue weighted by Crippen LogP contribution is 2.50. The number of hydrogen-bond acceptors (Lipinski definition) is 25. The number of nitrogens with one attached hydrogen (secondary N) is 8. The number of rotatable bonds is 34. The summed E-state index contributed by atoms with van der Waals surface area (Å²) in [7, 11) is 5.67. The van der Waals surface area contributed by atoms with Crippen molar-refractivity contribution in [2.75, 3.05) is 47.4 Å². The lowest BCUT2D eigenvalue weighted by Gasteiger charge is -2.47. The van der Waals surface area contributed by atoms with E-state index in [0.29, 0.717) is 17.4 Å². The lowest BCUT2D eigenvalue weighted by molar-refractivity contribution is -0.890. The molecule has 2 saturated heterocycles. The van der Waals surface area contributed by atoms with Crippen LogP contribution in [-0.4, -0.2) is 224 Å². The number of fused-ring (bicyclic) bond motifs is 15. The number of aliphatic hydroxyl groups excluding tert-OH is 6. The molecule has 12 rings (SSSR count). The molecule has 7 heterocycles. The van der Waals surface area contributed by atoms with Gasteiger partial charge >= 0.3 is 0 Å². The first-order valence-corrected chi connectivity index (χ1v) is 44.0. The van der Waals surface area contributed by atoms with Crippen LogP contribution in [0.1, 0.15) is 221 Å². The Morgan fingerprint density at radius 2 is 1.20 bits per heavy atom. The summed E-state index contributed by atoms with van der Waals surface area (Å²) in [6, 6.07) is 0.760. The number of quaternary nitrogens is 1. The van der Waals surface area contributed by atoms with E-state index in [9.17, 15) is 55.5 Å². The summed E-state index contributed by atoms with van der Waals surface area (Å²) in [5.74, 6) is -14.3. The Bertz CT molecular complexity index is 4600. The zero-order valence-electron chi connectivity index (χ0n) is 72.0. The molecule has 0 unspecified atom stereocenters. The first kappa shape index (κ1) is 97.9. The van der Waals surface area contributed by atoms with Crippen LogP contribution in [-0.2, 0) is 52.6 Å². The van der Waals surface area contributed by atoms with E-state index in [0.717, 1.165) is 80.4 Å². The van der Waals surface area contributed by atoms with E-state index in [1.54, 1.807) is 0 Å². The van der Waals surface area contributed by atoms with Gasteiger partial charge in [-0.1, -0.05) is 152 Å². The Morgan fingerprint density at radius 1 is 0.640 bits per heavy atom. The second-order valence-electron chi connectivity index (χ2n) is 34.7. The molecule has 0 spiro atoms. The van der Waals surface area contributed by atoms with Gasteiger partial charge in [0.25, 0.3) is 0 Å². The number of halogens is 2. The Hall–Kier alpha value is -9.24. The fourth-order valence-electron chi connectivity index (χ4n) is 16.5. The Balaban J connectivity index is 1.07. The number of aliphatic hydroxyl groups is 6. The Morgan fingerprint density at radius 3 is 1.77 bits per heavy atom. The number of hydrogen-bond donors (Lipinski definition) is 19. The molecule has 7 aliphatic rings. The van der Waals surface area contributed by atoms with E-state index in [-0.39, 0.29) is 75.2 Å². The number of phenolic OH excluding ortho intramolecular Hbond substituents is 3. The maximum Gasteiger partial charge on any atom is 0.248 e. The van der Waals surface area contributed by atoms with Gasteiger partial charge in [0, 0.05) is 42.1 Å². The molecule has 2 fully saturated rings. The van der Waals surface area contributed by atoms with Gasteiger partial charge < -0.3 is 133 Å². The molecule has 7 aliphatic heterocycles. The summed E-state index contributed by atoms with van der Waals surface area (Å²) >= 11 is 14.4. The van der Waals surface area contributed by atoms with E-state index in [1.807, 2.05) is 13.8 Å². The van der Waals surface area contributed by atoms with Gasteiger partial charge in [-0.2, -0.15) is 0 Å². The zero-order valence-corrected chi connectivity index (χ0v) is 73.5. The molecule has 5 aromatic rings. The smallest absolute Gasteiger partial charge is 0.248 e. The number of carbonyl (C=O) groups is 8. The number of amides is 8. The number of aromatic hydroxyl groups is 3. The van der Waals surface area contributed by atoms with Crippen molar-refractivity contribution in [1.82, 2.24) is 42.5 Å². The number of ether oxygens (including phenoxy) is 6. The maximum absolute atomic E-state index is 16.4. The molecular formula is C89H124Cl2N11O23+. The summed E-state index contributed by atoms with van der Waals surface area (Å²) < 4.78 is 39.5. The van der Waals surface area contributed by atoms with Crippen LogP contribution >= 0.6 is 23.2 Å². The van der Waals surface area contributed by atoms with Crippen molar-refractivity contribution in [2.24, 2.45) is 17.4 Å². The number of carbonyl (C=O) groups excluding carboxylic acids is 8. The van der Waals surface area contributed by atoms with Crippen LogP contribution in [0.2, 0.25) is 10.0 Å². The van der Waals surface area contributed by atoms with Gasteiger partial charge in [0.15, 0.2) is 23.9 Å². The molecular weight excluding hydrogens is 1660 g/mol. The third kappa shape index (κ3) is 25.4.